The molecule has 268 valence electrons. The molecule has 0 atom stereocenters. The molecular weight excluding hydrogens is 597 g/mol. The number of allylic oxidation sites excluding steroid dienone is 13. The highest BCUT2D eigenvalue weighted by Crippen LogP contribution is 2.32. The molecule has 0 aromatic carbocycles. The van der Waals surface area contributed by atoms with Gasteiger partial charge in [0, 0.05) is 12.8 Å². The molecule has 0 fully saturated rings. The molecule has 0 saturated heterocycles. The SMILES string of the molecule is CCCS(=O)(=O)OC(C=C(C)CCC=C(C)C)(CC=C(C)CCC=C(C)CCC=C(C)C)CC=C(C)CCC=C(C)CCC=C(C)C. The first-order valence-corrected chi connectivity index (χ1v) is 19.7. The molecule has 0 aliphatic heterocycles. The van der Waals surface area contributed by atoms with Gasteiger partial charge in [-0.1, -0.05) is 100 Å². The standard InChI is InChI=1S/C43H72O3S/c1-13-33-47(44,45)46-43(34-42(12)28-16-21-37(6)7,31-29-40(10)26-17-24-38(8)22-14-19-35(2)3)32-30-41(11)27-18-25-39(9)23-15-20-36(4)5/h19-21,24-25,29-30,34H,13-18,22-23,26-28,31-33H2,1-12H3. The van der Waals surface area contributed by atoms with Crippen LogP contribution in [0.15, 0.2) is 93.2 Å². The predicted molar refractivity (Wildman–Crippen MR) is 210 cm³/mol. The molecule has 0 unspecified atom stereocenters. The van der Waals surface area contributed by atoms with Gasteiger partial charge in [0.05, 0.1) is 5.75 Å². The van der Waals surface area contributed by atoms with E-state index in [9.17, 15) is 8.42 Å². The van der Waals surface area contributed by atoms with Crippen molar-refractivity contribution in [2.75, 3.05) is 5.75 Å². The van der Waals surface area contributed by atoms with Crippen molar-refractivity contribution in [3.8, 4) is 0 Å². The molecule has 0 aromatic heterocycles. The van der Waals surface area contributed by atoms with Crippen LogP contribution in [0.1, 0.15) is 167 Å². The lowest BCUT2D eigenvalue weighted by molar-refractivity contribution is 0.133. The Bertz CT molecular complexity index is 1200. The molecule has 4 heteroatoms. The van der Waals surface area contributed by atoms with Gasteiger partial charge in [-0.25, -0.2) is 0 Å². The topological polar surface area (TPSA) is 43.4 Å². The molecule has 0 heterocycles. The second-order valence-corrected chi connectivity index (χ2v) is 16.2. The van der Waals surface area contributed by atoms with Crippen LogP contribution in [0.3, 0.4) is 0 Å². The zero-order valence-electron chi connectivity index (χ0n) is 32.7. The van der Waals surface area contributed by atoms with Crippen molar-refractivity contribution < 1.29 is 12.6 Å². The molecule has 0 radical (unpaired) electrons. The highest BCUT2D eigenvalue weighted by atomic mass is 32.2. The molecular formula is C43H72O3S. The van der Waals surface area contributed by atoms with E-state index >= 15 is 0 Å². The number of rotatable bonds is 24. The summed E-state index contributed by atoms with van der Waals surface area (Å²) in [7, 11) is -3.69. The maximum atomic E-state index is 13.2. The average molecular weight is 669 g/mol. The maximum absolute atomic E-state index is 13.2. The maximum Gasteiger partial charge on any atom is 0.268 e. The van der Waals surface area contributed by atoms with E-state index in [1.54, 1.807) is 0 Å². The smallest absolute Gasteiger partial charge is 0.259 e. The summed E-state index contributed by atoms with van der Waals surface area (Å²) in [5, 5.41) is 0. The molecule has 0 bridgehead atoms. The summed E-state index contributed by atoms with van der Waals surface area (Å²) in [5.41, 5.74) is 9.63. The van der Waals surface area contributed by atoms with E-state index in [0.29, 0.717) is 19.3 Å². The number of hydrogen-bond acceptors (Lipinski definition) is 3. The third kappa shape index (κ3) is 25.5. The highest BCUT2D eigenvalue weighted by molar-refractivity contribution is 7.86. The molecule has 0 aromatic rings. The molecule has 0 amide bonds. The van der Waals surface area contributed by atoms with E-state index in [-0.39, 0.29) is 5.75 Å². The molecule has 0 aliphatic carbocycles. The van der Waals surface area contributed by atoms with Crippen molar-refractivity contribution in [2.24, 2.45) is 0 Å². The van der Waals surface area contributed by atoms with Crippen LogP contribution in [-0.4, -0.2) is 19.8 Å². The van der Waals surface area contributed by atoms with Crippen LogP contribution >= 0.6 is 0 Å². The summed E-state index contributed by atoms with van der Waals surface area (Å²) in [5.74, 6) is 0.0262. The zero-order chi connectivity index (χ0) is 35.9. The van der Waals surface area contributed by atoms with Crippen molar-refractivity contribution in [1.29, 1.82) is 0 Å². The summed E-state index contributed by atoms with van der Waals surface area (Å²) in [6.07, 6.45) is 29.7. The minimum atomic E-state index is -3.69. The fraction of sp³-hybridized carbons (Fsp3) is 0.628. The highest BCUT2D eigenvalue weighted by Gasteiger charge is 2.33. The Morgan fingerprint density at radius 2 is 0.809 bits per heavy atom. The summed E-state index contributed by atoms with van der Waals surface area (Å²) in [6.45, 7) is 25.6. The molecule has 3 nitrogen and oxygen atoms in total. The van der Waals surface area contributed by atoms with E-state index < -0.39 is 15.7 Å². The Labute approximate surface area is 292 Å². The lowest BCUT2D eigenvalue weighted by Gasteiger charge is -2.30. The Morgan fingerprint density at radius 3 is 1.15 bits per heavy atom. The molecule has 0 spiro atoms. The first-order valence-electron chi connectivity index (χ1n) is 18.1. The van der Waals surface area contributed by atoms with Crippen LogP contribution in [-0.2, 0) is 14.3 Å². The van der Waals surface area contributed by atoms with Crippen molar-refractivity contribution in [1.82, 2.24) is 0 Å². The molecule has 0 N–H and O–H groups in total. The second-order valence-electron chi connectivity index (χ2n) is 14.5. The van der Waals surface area contributed by atoms with Gasteiger partial charge in [-0.3, -0.25) is 4.18 Å². The van der Waals surface area contributed by atoms with Crippen LogP contribution in [0.25, 0.3) is 0 Å². The Morgan fingerprint density at radius 1 is 0.489 bits per heavy atom. The van der Waals surface area contributed by atoms with Crippen LogP contribution in [0.4, 0.5) is 0 Å². The monoisotopic (exact) mass is 669 g/mol. The van der Waals surface area contributed by atoms with Crippen LogP contribution < -0.4 is 0 Å². The Balaban J connectivity index is 6.20. The zero-order valence-corrected chi connectivity index (χ0v) is 33.5. The van der Waals surface area contributed by atoms with Gasteiger partial charge in [0.15, 0.2) is 0 Å². The van der Waals surface area contributed by atoms with Crippen LogP contribution in [0.5, 0.6) is 0 Å². The van der Waals surface area contributed by atoms with Crippen LogP contribution in [0, 0.1) is 0 Å². The van der Waals surface area contributed by atoms with Gasteiger partial charge in [0.2, 0.25) is 0 Å². The van der Waals surface area contributed by atoms with E-state index in [1.165, 1.54) is 39.0 Å². The van der Waals surface area contributed by atoms with Crippen molar-refractivity contribution >= 4 is 10.1 Å². The fourth-order valence-electron chi connectivity index (χ4n) is 5.32. The van der Waals surface area contributed by atoms with E-state index in [1.807, 2.05) is 6.92 Å². The minimum absolute atomic E-state index is 0.0262. The van der Waals surface area contributed by atoms with Gasteiger partial charge in [-0.2, -0.15) is 8.42 Å². The lowest BCUT2D eigenvalue weighted by atomic mass is 9.89. The molecule has 0 saturated carbocycles. The lowest BCUT2D eigenvalue weighted by Crippen LogP contribution is -2.34. The third-order valence-electron chi connectivity index (χ3n) is 8.19. The van der Waals surface area contributed by atoms with Gasteiger partial charge in [-0.15, -0.1) is 0 Å². The average Bonchev–Trinajstić information content (AvgIpc) is 2.94. The van der Waals surface area contributed by atoms with E-state index in [2.05, 4.69) is 125 Å². The number of hydrogen-bond donors (Lipinski definition) is 0. The summed E-state index contributed by atoms with van der Waals surface area (Å²) in [4.78, 5) is 0. The van der Waals surface area contributed by atoms with E-state index in [4.69, 9.17) is 4.18 Å². The summed E-state index contributed by atoms with van der Waals surface area (Å²) < 4.78 is 32.7. The first kappa shape index (κ1) is 44.8. The first-order chi connectivity index (χ1) is 22.0. The predicted octanol–water partition coefficient (Wildman–Crippen LogP) is 13.8. The normalized spacial score (nSPS) is 14.9. The van der Waals surface area contributed by atoms with Gasteiger partial charge in [0.1, 0.15) is 5.60 Å². The van der Waals surface area contributed by atoms with Gasteiger partial charge >= 0.3 is 0 Å². The quantitative estimate of drug-likeness (QED) is 0.0759. The van der Waals surface area contributed by atoms with Crippen molar-refractivity contribution in [3.05, 3.63) is 93.2 Å². The minimum Gasteiger partial charge on any atom is -0.259 e. The van der Waals surface area contributed by atoms with Gasteiger partial charge in [-0.05, 0) is 147 Å². The van der Waals surface area contributed by atoms with Gasteiger partial charge < -0.3 is 0 Å². The largest absolute Gasteiger partial charge is 0.268 e. The molecule has 0 rings (SSSR count). The Hall–Kier alpha value is -2.17. The molecule has 0 aliphatic rings. The Kier molecular flexibility index (Phi) is 23.7. The fourth-order valence-corrected chi connectivity index (χ4v) is 6.59. The summed E-state index contributed by atoms with van der Waals surface area (Å²) >= 11 is 0. The third-order valence-corrected chi connectivity index (χ3v) is 9.68. The van der Waals surface area contributed by atoms with E-state index in [0.717, 1.165) is 69.8 Å². The van der Waals surface area contributed by atoms with Crippen molar-refractivity contribution in [3.63, 3.8) is 0 Å². The van der Waals surface area contributed by atoms with Crippen molar-refractivity contribution in [2.45, 2.75) is 172 Å². The summed E-state index contributed by atoms with van der Waals surface area (Å²) in [6, 6.07) is 0. The molecule has 47 heavy (non-hydrogen) atoms. The second kappa shape index (κ2) is 24.9. The van der Waals surface area contributed by atoms with Crippen LogP contribution in [0.2, 0.25) is 0 Å². The van der Waals surface area contributed by atoms with Gasteiger partial charge in [0.25, 0.3) is 10.1 Å².